The average molecular weight is 436 g/mol. The Hall–Kier alpha value is -3.90. The van der Waals surface area contributed by atoms with Crippen LogP contribution in [0.2, 0.25) is 0 Å². The lowest BCUT2D eigenvalue weighted by molar-refractivity contribution is -0.991. The second kappa shape index (κ2) is 8.45. The highest BCUT2D eigenvalue weighted by molar-refractivity contribution is 7.71. The first-order valence-corrected chi connectivity index (χ1v) is 9.45. The summed E-state index contributed by atoms with van der Waals surface area (Å²) in [7, 11) is 0. The van der Waals surface area contributed by atoms with Gasteiger partial charge in [-0.3, -0.25) is 14.6 Å². The molecular formula is C20H16N6O4S. The molecule has 2 aromatic heterocycles. The molecule has 31 heavy (non-hydrogen) atoms. The van der Waals surface area contributed by atoms with Gasteiger partial charge < -0.3 is 20.5 Å². The molecule has 0 spiro atoms. The molecule has 10 nitrogen and oxygen atoms in total. The molecule has 2 aromatic carbocycles. The molecule has 0 radical (unpaired) electrons. The van der Waals surface area contributed by atoms with Crippen molar-refractivity contribution in [3.8, 4) is 0 Å². The lowest BCUT2D eigenvalue weighted by atomic mass is 10.1. The third-order valence-electron chi connectivity index (χ3n) is 4.37. The molecule has 6 N–H and O–H groups in total. The minimum Gasteiger partial charge on any atom is -0.595 e. The fourth-order valence-corrected chi connectivity index (χ4v) is 3.13. The summed E-state index contributed by atoms with van der Waals surface area (Å²) in [5.41, 5.74) is 1.19. The number of benzene rings is 2. The minimum absolute atomic E-state index is 0.0904. The summed E-state index contributed by atoms with van der Waals surface area (Å²) in [6, 6.07) is 14.7. The third-order valence-corrected chi connectivity index (χ3v) is 4.58. The van der Waals surface area contributed by atoms with Crippen LogP contribution in [0.4, 0.5) is 5.69 Å². The largest absolute Gasteiger partial charge is 0.595 e. The van der Waals surface area contributed by atoms with Crippen LogP contribution in [-0.4, -0.2) is 31.1 Å². The van der Waals surface area contributed by atoms with E-state index in [1.54, 1.807) is 48.5 Å². The molecule has 0 aliphatic heterocycles. The van der Waals surface area contributed by atoms with Gasteiger partial charge >= 0.3 is 0 Å². The van der Waals surface area contributed by atoms with Crippen molar-refractivity contribution in [2.24, 2.45) is 0 Å². The van der Waals surface area contributed by atoms with Crippen LogP contribution in [0.1, 0.15) is 21.7 Å². The molecule has 1 atom stereocenters. The van der Waals surface area contributed by atoms with Gasteiger partial charge in [0, 0.05) is 17.7 Å². The Balaban J connectivity index is 1.82. The Morgan fingerprint density at radius 2 is 1.90 bits per heavy atom. The van der Waals surface area contributed by atoms with Crippen LogP contribution in [0.25, 0.3) is 22.9 Å². The molecule has 0 aliphatic carbocycles. The first-order chi connectivity index (χ1) is 14.9. The van der Waals surface area contributed by atoms with Crippen LogP contribution >= 0.6 is 12.2 Å². The van der Waals surface area contributed by atoms with Crippen molar-refractivity contribution in [2.45, 2.75) is 0 Å². The molecule has 156 valence electrons. The van der Waals surface area contributed by atoms with E-state index in [1.165, 1.54) is 12.1 Å². The van der Waals surface area contributed by atoms with Gasteiger partial charge in [0.1, 0.15) is 5.52 Å². The lowest BCUT2D eigenvalue weighted by Gasteiger charge is -2.12. The van der Waals surface area contributed by atoms with E-state index in [4.69, 9.17) is 12.2 Å². The van der Waals surface area contributed by atoms with Crippen molar-refractivity contribution in [3.63, 3.8) is 0 Å². The Kier molecular flexibility index (Phi) is 5.56. The standard InChI is InChI=1S/C20H16N6O4S/c27-18(12-6-2-1-3-7-12)21-14(10-11-5-4-8-13(9-11)26(29)30)16-22-15-17(23-16)24-20(31)25-19(15)28/h1-10,26,29H,(H,21,27)(H3,22,23,24,25,28,31)/b14-10-. The maximum Gasteiger partial charge on any atom is 0.277 e. The topological polar surface area (TPSA) is 154 Å². The predicted molar refractivity (Wildman–Crippen MR) is 116 cm³/mol. The van der Waals surface area contributed by atoms with Gasteiger partial charge in [-0.05, 0) is 36.0 Å². The quantitative estimate of drug-likeness (QED) is 0.206. The highest BCUT2D eigenvalue weighted by Gasteiger charge is 2.15. The SMILES string of the molecule is O=C(N/C(=C\c1cccc([NH+]([O-])O)c1)c1nc2[nH]c(=S)[nH]c(=O)c2[nH]1)c1ccccc1. The number of rotatable bonds is 5. The van der Waals surface area contributed by atoms with E-state index in [0.29, 0.717) is 11.1 Å². The maximum absolute atomic E-state index is 12.7. The number of quaternary nitrogens is 1. The number of fused-ring (bicyclic) bond motifs is 1. The van der Waals surface area contributed by atoms with Crippen molar-refractivity contribution >= 4 is 46.7 Å². The van der Waals surface area contributed by atoms with Gasteiger partial charge in [0.2, 0.25) is 0 Å². The van der Waals surface area contributed by atoms with Crippen molar-refractivity contribution < 1.29 is 15.2 Å². The smallest absolute Gasteiger partial charge is 0.277 e. The molecule has 1 unspecified atom stereocenters. The van der Waals surface area contributed by atoms with Crippen molar-refractivity contribution in [3.05, 3.63) is 91.9 Å². The Labute approximate surface area is 179 Å². The highest BCUT2D eigenvalue weighted by atomic mass is 32.1. The number of aromatic nitrogens is 4. The van der Waals surface area contributed by atoms with E-state index in [0.717, 1.165) is 0 Å². The molecule has 11 heteroatoms. The second-order valence-electron chi connectivity index (χ2n) is 6.53. The lowest BCUT2D eigenvalue weighted by Crippen LogP contribution is -2.99. The normalized spacial score (nSPS) is 12.6. The van der Waals surface area contributed by atoms with Gasteiger partial charge in [-0.25, -0.2) is 10.2 Å². The molecular weight excluding hydrogens is 420 g/mol. The summed E-state index contributed by atoms with van der Waals surface area (Å²) < 4.78 is 0.114. The number of amides is 1. The fourth-order valence-electron chi connectivity index (χ4n) is 2.94. The number of nitrogens with zero attached hydrogens (tertiary/aromatic N) is 1. The van der Waals surface area contributed by atoms with E-state index >= 15 is 0 Å². The van der Waals surface area contributed by atoms with Gasteiger partial charge in [0.25, 0.3) is 11.5 Å². The van der Waals surface area contributed by atoms with Gasteiger partial charge in [0.05, 0.1) is 5.70 Å². The Bertz CT molecular complexity index is 1400. The molecule has 0 aliphatic rings. The number of nitrogens with one attached hydrogen (secondary N) is 5. The summed E-state index contributed by atoms with van der Waals surface area (Å²) in [6.45, 7) is 0. The molecule has 2 heterocycles. The van der Waals surface area contributed by atoms with Crippen molar-refractivity contribution in [1.29, 1.82) is 0 Å². The zero-order chi connectivity index (χ0) is 22.0. The molecule has 4 aromatic rings. The van der Waals surface area contributed by atoms with Crippen molar-refractivity contribution in [2.75, 3.05) is 0 Å². The van der Waals surface area contributed by atoms with Crippen LogP contribution in [0.15, 0.2) is 59.4 Å². The zero-order valence-corrected chi connectivity index (χ0v) is 16.6. The van der Waals surface area contributed by atoms with Crippen LogP contribution in [0, 0.1) is 9.98 Å². The molecule has 1 amide bonds. The van der Waals surface area contributed by atoms with Gasteiger partial charge in [-0.15, -0.1) is 0 Å². The molecule has 0 saturated carbocycles. The number of H-pyrrole nitrogens is 3. The first kappa shape index (κ1) is 20.4. The zero-order valence-electron chi connectivity index (χ0n) is 15.8. The van der Waals surface area contributed by atoms with Gasteiger partial charge in [0.15, 0.2) is 21.9 Å². The molecule has 0 fully saturated rings. The number of carbonyl (C=O) groups excluding carboxylic acids is 1. The summed E-state index contributed by atoms with van der Waals surface area (Å²) in [6.07, 6.45) is 1.56. The fraction of sp³-hybridized carbons (Fsp3) is 0. The van der Waals surface area contributed by atoms with Crippen LogP contribution in [0.5, 0.6) is 0 Å². The average Bonchev–Trinajstić information content (AvgIpc) is 3.18. The number of carbonyl (C=O) groups is 1. The maximum atomic E-state index is 12.7. The van der Waals surface area contributed by atoms with E-state index in [-0.39, 0.29) is 33.1 Å². The van der Waals surface area contributed by atoms with Crippen LogP contribution in [-0.2, 0) is 0 Å². The Morgan fingerprint density at radius 3 is 2.65 bits per heavy atom. The van der Waals surface area contributed by atoms with E-state index < -0.39 is 16.7 Å². The Morgan fingerprint density at radius 1 is 1.13 bits per heavy atom. The first-order valence-electron chi connectivity index (χ1n) is 9.05. The summed E-state index contributed by atoms with van der Waals surface area (Å²) in [4.78, 5) is 37.4. The summed E-state index contributed by atoms with van der Waals surface area (Å²) >= 11 is 4.97. The van der Waals surface area contributed by atoms with Gasteiger partial charge in [-0.1, -0.05) is 30.3 Å². The van der Waals surface area contributed by atoms with Gasteiger partial charge in [-0.2, -0.15) is 5.23 Å². The summed E-state index contributed by atoms with van der Waals surface area (Å²) in [5, 5.41) is 22.2. The van der Waals surface area contributed by atoms with E-state index in [2.05, 4.69) is 25.3 Å². The van der Waals surface area contributed by atoms with E-state index in [9.17, 15) is 20.0 Å². The number of aromatic amines is 3. The molecule has 0 saturated heterocycles. The van der Waals surface area contributed by atoms with Crippen LogP contribution in [0.3, 0.4) is 0 Å². The number of hydrogen-bond acceptors (Lipinski definition) is 6. The minimum atomic E-state index is -1.08. The number of hydrogen-bond donors (Lipinski definition) is 6. The highest BCUT2D eigenvalue weighted by Crippen LogP contribution is 2.17. The molecule has 4 rings (SSSR count). The second-order valence-corrected chi connectivity index (χ2v) is 6.93. The monoisotopic (exact) mass is 436 g/mol. The summed E-state index contributed by atoms with van der Waals surface area (Å²) in [5.74, 6) is -0.203. The number of imidazole rings is 1. The van der Waals surface area contributed by atoms with Crippen LogP contribution < -0.4 is 16.1 Å². The third kappa shape index (κ3) is 4.49. The van der Waals surface area contributed by atoms with Crippen molar-refractivity contribution in [1.82, 2.24) is 25.3 Å². The van der Waals surface area contributed by atoms with E-state index in [1.807, 2.05) is 0 Å². The predicted octanol–water partition coefficient (Wildman–Crippen LogP) is 1.64. The molecule has 0 bridgehead atoms.